The molecule has 222 valence electrons. The number of carbonyl (C=O) groups is 1. The van der Waals surface area contributed by atoms with Crippen LogP contribution in [0, 0.1) is 27.3 Å². The first-order valence-electron chi connectivity index (χ1n) is 13.8. The van der Waals surface area contributed by atoms with Crippen LogP contribution in [0.4, 0.5) is 14.5 Å². The summed E-state index contributed by atoms with van der Waals surface area (Å²) < 4.78 is 28.9. The number of hydrogen-bond donors (Lipinski definition) is 3. The second kappa shape index (κ2) is 16.1. The number of benzene rings is 3. The van der Waals surface area contributed by atoms with Gasteiger partial charge in [0, 0.05) is 47.1 Å². The summed E-state index contributed by atoms with van der Waals surface area (Å²) in [5.74, 6) is -1.64. The first-order valence-corrected chi connectivity index (χ1v) is 14.9. The third-order valence-electron chi connectivity index (χ3n) is 6.51. The van der Waals surface area contributed by atoms with E-state index in [-0.39, 0.29) is 24.6 Å². The fourth-order valence-corrected chi connectivity index (χ4v) is 5.28. The molecule has 0 aromatic heterocycles. The lowest BCUT2D eigenvalue weighted by molar-refractivity contribution is 0.0755. The Morgan fingerprint density at radius 2 is 1.68 bits per heavy atom. The smallest absolute Gasteiger partial charge is 0.253 e. The van der Waals surface area contributed by atoms with Crippen LogP contribution in [0.15, 0.2) is 60.7 Å². The normalized spacial score (nSPS) is 12.7. The summed E-state index contributed by atoms with van der Waals surface area (Å²) in [6, 6.07) is 15.0. The van der Waals surface area contributed by atoms with Crippen molar-refractivity contribution in [2.45, 2.75) is 58.7 Å². The lowest BCUT2D eigenvalue weighted by Crippen LogP contribution is -2.52. The van der Waals surface area contributed by atoms with Gasteiger partial charge in [-0.2, -0.15) is 0 Å². The second-order valence-corrected chi connectivity index (χ2v) is 11.4. The van der Waals surface area contributed by atoms with Crippen molar-refractivity contribution in [2.24, 2.45) is 0 Å². The maximum Gasteiger partial charge on any atom is 0.253 e. The molecule has 7 nitrogen and oxygen atoms in total. The number of hydrogen-bond acceptors (Lipinski definition) is 6. The van der Waals surface area contributed by atoms with Gasteiger partial charge in [0.2, 0.25) is 0 Å². The number of carbonyl (C=O) groups excluding carboxylic acids is 1. The van der Waals surface area contributed by atoms with Gasteiger partial charge in [-0.3, -0.25) is 4.79 Å². The quantitative estimate of drug-likeness (QED) is 0.141. The molecule has 0 saturated carbocycles. The third kappa shape index (κ3) is 10.3. The minimum Gasteiger partial charge on any atom is -0.743 e. The first kappa shape index (κ1) is 32.9. The van der Waals surface area contributed by atoms with Gasteiger partial charge in [-0.15, -0.1) is 0 Å². The van der Waals surface area contributed by atoms with Gasteiger partial charge in [0.1, 0.15) is 11.6 Å². The van der Waals surface area contributed by atoms with Gasteiger partial charge in [0.05, 0.1) is 12.1 Å². The fourth-order valence-electron chi connectivity index (χ4n) is 4.67. The zero-order chi connectivity index (χ0) is 29.9. The number of nitrogens with zero attached hydrogens (tertiary/aromatic N) is 2. The predicted molar refractivity (Wildman–Crippen MR) is 167 cm³/mol. The van der Waals surface area contributed by atoms with E-state index in [1.54, 1.807) is 24.0 Å². The Kier molecular flexibility index (Phi) is 12.9. The van der Waals surface area contributed by atoms with Gasteiger partial charge < -0.3 is 25.7 Å². The molecule has 0 fully saturated rings. The van der Waals surface area contributed by atoms with E-state index >= 15 is 0 Å². The Bertz CT molecular complexity index is 1270. The minimum absolute atomic E-state index is 0.0160. The van der Waals surface area contributed by atoms with Crippen LogP contribution >= 0.6 is 22.6 Å². The zero-order valence-corrected chi connectivity index (χ0v) is 25.8. The third-order valence-corrected chi connectivity index (χ3v) is 7.19. The van der Waals surface area contributed by atoms with E-state index in [1.807, 2.05) is 38.1 Å². The van der Waals surface area contributed by atoms with Gasteiger partial charge in [-0.05, 0) is 108 Å². The van der Waals surface area contributed by atoms with E-state index < -0.39 is 23.8 Å². The predicted octanol–water partition coefficient (Wildman–Crippen LogP) is 5.71. The van der Waals surface area contributed by atoms with Gasteiger partial charge >= 0.3 is 0 Å². The number of nitrogens with one attached hydrogen (secondary N) is 2. The average Bonchev–Trinajstić information content (AvgIpc) is 2.91. The summed E-state index contributed by atoms with van der Waals surface area (Å²) in [5, 5.41) is 28.1. The molecular weight excluding hydrogens is 641 g/mol. The Hall–Kier alpha value is -2.64. The molecule has 3 aromatic rings. The van der Waals surface area contributed by atoms with Crippen LogP contribution in [0.1, 0.15) is 53.7 Å². The Morgan fingerprint density at radius 1 is 1.00 bits per heavy atom. The number of hydrazine groups is 1. The Balaban J connectivity index is 1.80. The zero-order valence-electron chi connectivity index (χ0n) is 23.7. The number of aliphatic hydroxyl groups is 1. The number of aliphatic hydroxyl groups excluding tert-OH is 1. The molecular formula is C31H38F2IN4O3-. The highest BCUT2D eigenvalue weighted by Gasteiger charge is 2.22. The Labute approximate surface area is 254 Å². The van der Waals surface area contributed by atoms with Gasteiger partial charge in [-0.25, -0.2) is 14.2 Å². The van der Waals surface area contributed by atoms with Crippen molar-refractivity contribution in [2.75, 3.05) is 24.8 Å². The molecule has 1 amide bonds. The average molecular weight is 680 g/mol. The summed E-state index contributed by atoms with van der Waals surface area (Å²) in [4.78, 5) is 15.0. The fraction of sp³-hybridized carbons (Fsp3) is 0.387. The first-order chi connectivity index (χ1) is 19.6. The number of anilines is 1. The van der Waals surface area contributed by atoms with E-state index in [0.717, 1.165) is 33.6 Å². The molecule has 0 bridgehead atoms. The van der Waals surface area contributed by atoms with Crippen LogP contribution in [0.5, 0.6) is 0 Å². The molecule has 0 aliphatic heterocycles. The highest BCUT2D eigenvalue weighted by atomic mass is 127. The molecule has 0 heterocycles. The lowest BCUT2D eigenvalue weighted by atomic mass is 10.0. The van der Waals surface area contributed by atoms with Crippen molar-refractivity contribution in [3.63, 3.8) is 0 Å². The number of amides is 1. The minimum atomic E-state index is -1.09. The summed E-state index contributed by atoms with van der Waals surface area (Å²) in [6.45, 7) is 7.65. The van der Waals surface area contributed by atoms with Crippen molar-refractivity contribution in [3.8, 4) is 0 Å². The number of halogens is 3. The molecule has 0 unspecified atom stereocenters. The molecule has 0 spiro atoms. The molecule has 0 saturated heterocycles. The summed E-state index contributed by atoms with van der Waals surface area (Å²) >= 11 is 2.22. The summed E-state index contributed by atoms with van der Waals surface area (Å²) in [6.07, 6.45) is 0.531. The van der Waals surface area contributed by atoms with Crippen LogP contribution in [-0.2, 0) is 13.0 Å². The van der Waals surface area contributed by atoms with Crippen molar-refractivity contribution < 1.29 is 18.7 Å². The van der Waals surface area contributed by atoms with E-state index in [2.05, 4.69) is 33.3 Å². The van der Waals surface area contributed by atoms with Crippen LogP contribution in [-0.4, -0.2) is 47.7 Å². The topological polar surface area (TPSA) is 90.9 Å². The van der Waals surface area contributed by atoms with Crippen molar-refractivity contribution in [3.05, 3.63) is 103 Å². The summed E-state index contributed by atoms with van der Waals surface area (Å²) in [7, 11) is 0. The van der Waals surface area contributed by atoms with Gasteiger partial charge in [0.15, 0.2) is 0 Å². The molecule has 0 aliphatic rings. The SMILES string of the molecule is CCCN(CCC)C(=O)c1cc(C)cc(N([O-])N[C@@H](Cc2cc(F)cc(F)c2)[C@H](O)CNCc2cccc(I)c2)c1. The van der Waals surface area contributed by atoms with Crippen molar-refractivity contribution in [1.29, 1.82) is 0 Å². The standard InChI is InChI=1S/C31H38F2IN4O3/c1-4-9-37(10-5-2)31(40)24-11-21(3)12-28(17-24)38(41)36-29(16-23-13-25(32)18-26(33)14-23)30(39)20-35-19-22-7-6-8-27(34)15-22/h6-8,11-15,17-18,29-30,35-36,39H,4-5,9-10,16,19-20H2,1-3H3/q-1/t29-,30+/m0/s1. The number of rotatable bonds is 15. The van der Waals surface area contributed by atoms with Crippen LogP contribution in [0.25, 0.3) is 0 Å². The maximum atomic E-state index is 13.9. The van der Waals surface area contributed by atoms with Gasteiger partial charge in [0.25, 0.3) is 5.91 Å². The van der Waals surface area contributed by atoms with E-state index in [4.69, 9.17) is 0 Å². The largest absolute Gasteiger partial charge is 0.743 e. The Morgan fingerprint density at radius 3 is 2.32 bits per heavy atom. The molecule has 0 radical (unpaired) electrons. The molecule has 3 rings (SSSR count). The molecule has 3 N–H and O–H groups in total. The maximum absolute atomic E-state index is 13.9. The van der Waals surface area contributed by atoms with Crippen LogP contribution < -0.4 is 15.9 Å². The molecule has 41 heavy (non-hydrogen) atoms. The van der Waals surface area contributed by atoms with Crippen LogP contribution in [0.2, 0.25) is 0 Å². The highest BCUT2D eigenvalue weighted by molar-refractivity contribution is 14.1. The molecule has 0 aliphatic carbocycles. The second-order valence-electron chi connectivity index (χ2n) is 10.2. The molecule has 3 aromatic carbocycles. The monoisotopic (exact) mass is 679 g/mol. The van der Waals surface area contributed by atoms with Crippen molar-refractivity contribution in [1.82, 2.24) is 15.6 Å². The van der Waals surface area contributed by atoms with E-state index in [0.29, 0.717) is 35.9 Å². The summed E-state index contributed by atoms with van der Waals surface area (Å²) in [5.41, 5.74) is 5.40. The molecule has 2 atom stereocenters. The molecule has 10 heteroatoms. The van der Waals surface area contributed by atoms with E-state index in [9.17, 15) is 23.9 Å². The lowest BCUT2D eigenvalue weighted by Gasteiger charge is -2.38. The van der Waals surface area contributed by atoms with E-state index in [1.165, 1.54) is 18.2 Å². The number of aryl methyl sites for hydroxylation is 1. The van der Waals surface area contributed by atoms with Crippen molar-refractivity contribution >= 4 is 34.2 Å². The highest BCUT2D eigenvalue weighted by Crippen LogP contribution is 2.21. The van der Waals surface area contributed by atoms with Gasteiger partial charge in [-0.1, -0.05) is 26.0 Å². The van der Waals surface area contributed by atoms with Crippen LogP contribution in [0.3, 0.4) is 0 Å².